The quantitative estimate of drug-likeness (QED) is 0.832. The van der Waals surface area contributed by atoms with Crippen molar-refractivity contribution in [1.29, 1.82) is 0 Å². The molecule has 0 aromatic carbocycles. The minimum atomic E-state index is -4.23. The average molecular weight is 336 g/mol. The first-order valence-electron chi connectivity index (χ1n) is 7.23. The van der Waals surface area contributed by atoms with E-state index in [-0.39, 0.29) is 12.8 Å². The highest BCUT2D eigenvalue weighted by Crippen LogP contribution is 2.45. The van der Waals surface area contributed by atoms with Crippen molar-refractivity contribution in [3.05, 3.63) is 21.9 Å². The topological polar surface area (TPSA) is 46.5 Å². The zero-order chi connectivity index (χ0) is 16.3. The van der Waals surface area contributed by atoms with Crippen LogP contribution in [0.4, 0.5) is 13.2 Å². The molecule has 124 valence electrons. The molecule has 0 amide bonds. The molecule has 3 atom stereocenters. The molecule has 0 radical (unpaired) electrons. The molecular weight excluding hydrogens is 317 g/mol. The molecule has 1 N–H and O–H groups in total. The van der Waals surface area contributed by atoms with Gasteiger partial charge in [0.05, 0.1) is 19.1 Å². The van der Waals surface area contributed by atoms with Gasteiger partial charge in [0.2, 0.25) is 0 Å². The van der Waals surface area contributed by atoms with Crippen LogP contribution in [0.3, 0.4) is 0 Å². The molecular formula is C15H19F3O3S. The Bertz CT molecular complexity index is 512. The van der Waals surface area contributed by atoms with Gasteiger partial charge in [-0.1, -0.05) is 0 Å². The van der Waals surface area contributed by atoms with Crippen LogP contribution in [0.25, 0.3) is 0 Å². The summed E-state index contributed by atoms with van der Waals surface area (Å²) >= 11 is 1.31. The molecule has 2 rings (SSSR count). The third kappa shape index (κ3) is 4.23. The van der Waals surface area contributed by atoms with Gasteiger partial charge in [-0.2, -0.15) is 13.2 Å². The third-order valence-electron chi connectivity index (χ3n) is 4.14. The van der Waals surface area contributed by atoms with Crippen LogP contribution < -0.4 is 0 Å². The van der Waals surface area contributed by atoms with E-state index in [1.165, 1.54) is 18.4 Å². The summed E-state index contributed by atoms with van der Waals surface area (Å²) in [5, 5.41) is 9.49. The highest BCUT2D eigenvalue weighted by Gasteiger charge is 2.49. The summed E-state index contributed by atoms with van der Waals surface area (Å²) in [7, 11) is 1.31. The van der Waals surface area contributed by atoms with Crippen molar-refractivity contribution >= 4 is 17.3 Å². The molecule has 1 fully saturated rings. The molecule has 1 aliphatic carbocycles. The maximum atomic E-state index is 12.9. The van der Waals surface area contributed by atoms with E-state index in [4.69, 9.17) is 0 Å². The number of alkyl halides is 3. The molecule has 1 aliphatic rings. The lowest BCUT2D eigenvalue weighted by Gasteiger charge is -2.21. The van der Waals surface area contributed by atoms with Gasteiger partial charge in [0.1, 0.15) is 4.88 Å². The number of esters is 1. The summed E-state index contributed by atoms with van der Waals surface area (Å²) in [5.74, 6) is -2.29. The minimum absolute atomic E-state index is 0.181. The Morgan fingerprint density at radius 3 is 2.77 bits per heavy atom. The molecule has 1 heterocycles. The summed E-state index contributed by atoms with van der Waals surface area (Å²) in [5.41, 5.74) is 0. The van der Waals surface area contributed by atoms with Crippen molar-refractivity contribution < 1.29 is 27.8 Å². The molecule has 1 aromatic heterocycles. The number of rotatable bonds is 5. The molecule has 1 unspecified atom stereocenters. The molecule has 0 saturated heterocycles. The first-order chi connectivity index (χ1) is 10.3. The number of carbonyl (C=O) groups excluding carboxylic acids is 1. The van der Waals surface area contributed by atoms with Gasteiger partial charge in [0.25, 0.3) is 0 Å². The van der Waals surface area contributed by atoms with Crippen LogP contribution in [-0.2, 0) is 11.2 Å². The lowest BCUT2D eigenvalue weighted by molar-refractivity contribution is -0.185. The van der Waals surface area contributed by atoms with E-state index >= 15 is 0 Å². The van der Waals surface area contributed by atoms with E-state index in [0.29, 0.717) is 24.1 Å². The van der Waals surface area contributed by atoms with Gasteiger partial charge in [-0.25, -0.2) is 4.79 Å². The van der Waals surface area contributed by atoms with Gasteiger partial charge in [0, 0.05) is 4.88 Å². The van der Waals surface area contributed by atoms with Crippen molar-refractivity contribution in [3.8, 4) is 0 Å². The summed E-state index contributed by atoms with van der Waals surface area (Å²) < 4.78 is 43.3. The van der Waals surface area contributed by atoms with E-state index in [2.05, 4.69) is 4.74 Å². The summed E-state index contributed by atoms with van der Waals surface area (Å²) in [6, 6.07) is 3.48. The highest BCUT2D eigenvalue weighted by atomic mass is 32.1. The van der Waals surface area contributed by atoms with Crippen LogP contribution in [0.2, 0.25) is 0 Å². The van der Waals surface area contributed by atoms with E-state index in [9.17, 15) is 23.1 Å². The fraction of sp³-hybridized carbons (Fsp3) is 0.667. The fourth-order valence-electron chi connectivity index (χ4n) is 3.08. The van der Waals surface area contributed by atoms with Crippen LogP contribution in [0.1, 0.15) is 40.2 Å². The van der Waals surface area contributed by atoms with Gasteiger partial charge < -0.3 is 9.84 Å². The van der Waals surface area contributed by atoms with Gasteiger partial charge >= 0.3 is 12.1 Å². The number of hydrogen-bond donors (Lipinski definition) is 1. The van der Waals surface area contributed by atoms with Crippen LogP contribution >= 0.6 is 11.3 Å². The first kappa shape index (κ1) is 17.3. The zero-order valence-corrected chi connectivity index (χ0v) is 13.0. The molecule has 22 heavy (non-hydrogen) atoms. The largest absolute Gasteiger partial charge is 0.465 e. The summed E-state index contributed by atoms with van der Waals surface area (Å²) in [6.07, 6.45) is -3.34. The first-order valence-corrected chi connectivity index (χ1v) is 8.04. The molecule has 0 aliphatic heterocycles. The number of methoxy groups -OCH3 is 1. The second-order valence-electron chi connectivity index (χ2n) is 5.68. The molecule has 3 nitrogen and oxygen atoms in total. The number of ether oxygens (including phenoxy) is 1. The molecule has 7 heteroatoms. The van der Waals surface area contributed by atoms with E-state index in [1.807, 2.05) is 6.07 Å². The Balaban J connectivity index is 1.85. The number of aryl methyl sites for hydroxylation is 1. The lowest BCUT2D eigenvalue weighted by atomic mass is 9.90. The van der Waals surface area contributed by atoms with Crippen LogP contribution in [0.5, 0.6) is 0 Å². The molecule has 0 spiro atoms. The van der Waals surface area contributed by atoms with Crippen LogP contribution in [0.15, 0.2) is 12.1 Å². The van der Waals surface area contributed by atoms with Crippen LogP contribution in [-0.4, -0.2) is 30.5 Å². The number of halogens is 3. The third-order valence-corrected chi connectivity index (χ3v) is 5.26. The minimum Gasteiger partial charge on any atom is -0.465 e. The maximum absolute atomic E-state index is 12.9. The van der Waals surface area contributed by atoms with Crippen molar-refractivity contribution in [1.82, 2.24) is 0 Å². The van der Waals surface area contributed by atoms with E-state index in [1.54, 1.807) is 6.07 Å². The summed E-state index contributed by atoms with van der Waals surface area (Å²) in [6.45, 7) is 0. The monoisotopic (exact) mass is 336 g/mol. The Morgan fingerprint density at radius 2 is 2.14 bits per heavy atom. The lowest BCUT2D eigenvalue weighted by Crippen LogP contribution is -2.26. The number of hydrogen-bond acceptors (Lipinski definition) is 4. The Kier molecular flexibility index (Phi) is 5.50. The molecule has 1 saturated carbocycles. The van der Waals surface area contributed by atoms with Crippen LogP contribution in [0, 0.1) is 11.8 Å². The van der Waals surface area contributed by atoms with E-state index in [0.717, 1.165) is 4.88 Å². The number of thiophene rings is 1. The van der Waals surface area contributed by atoms with Gasteiger partial charge in [-0.15, -0.1) is 11.3 Å². The second-order valence-corrected chi connectivity index (χ2v) is 6.85. The summed E-state index contributed by atoms with van der Waals surface area (Å²) in [4.78, 5) is 12.8. The maximum Gasteiger partial charge on any atom is 0.392 e. The Morgan fingerprint density at radius 1 is 1.41 bits per heavy atom. The molecule has 0 bridgehead atoms. The van der Waals surface area contributed by atoms with Crippen molar-refractivity contribution in [3.63, 3.8) is 0 Å². The number of carbonyl (C=O) groups is 1. The Labute approximate surface area is 131 Å². The highest BCUT2D eigenvalue weighted by molar-refractivity contribution is 7.13. The SMILES string of the molecule is COC(=O)c1ccc(CCC[C@@H]2C[C@H](O)CC2C(F)(F)F)s1. The fourth-order valence-corrected chi connectivity index (χ4v) is 4.04. The smallest absolute Gasteiger partial charge is 0.392 e. The standard InChI is InChI=1S/C15H19F3O3S/c1-21-14(20)13-6-5-11(22-13)4-2-3-9-7-10(19)8-12(9)15(16,17)18/h5-6,9-10,12,19H,2-4,7-8H2,1H3/t9-,10+,12?/m1/s1. The van der Waals surface area contributed by atoms with Gasteiger partial charge in [-0.3, -0.25) is 0 Å². The molecule has 1 aromatic rings. The number of aliphatic hydroxyl groups excluding tert-OH is 1. The average Bonchev–Trinajstić information content (AvgIpc) is 3.04. The normalized spacial score (nSPS) is 25.4. The zero-order valence-electron chi connectivity index (χ0n) is 12.2. The van der Waals surface area contributed by atoms with Gasteiger partial charge in [-0.05, 0) is 50.2 Å². The predicted octanol–water partition coefficient (Wildman–Crippen LogP) is 3.81. The second kappa shape index (κ2) is 7.00. The van der Waals surface area contributed by atoms with Crippen molar-refractivity contribution in [2.45, 2.75) is 44.4 Å². The van der Waals surface area contributed by atoms with E-state index < -0.39 is 30.1 Å². The van der Waals surface area contributed by atoms with Crippen molar-refractivity contribution in [2.24, 2.45) is 11.8 Å². The van der Waals surface area contributed by atoms with Gasteiger partial charge in [0.15, 0.2) is 0 Å². The number of aliphatic hydroxyl groups is 1. The Hall–Kier alpha value is -1.08. The van der Waals surface area contributed by atoms with Crippen molar-refractivity contribution in [2.75, 3.05) is 7.11 Å². The predicted molar refractivity (Wildman–Crippen MR) is 76.9 cm³/mol.